The molecule has 1 aromatic carbocycles. The molecule has 1 fully saturated rings. The van der Waals surface area contributed by atoms with Crippen molar-refractivity contribution in [2.45, 2.75) is 0 Å². The first-order chi connectivity index (χ1) is 8.65. The van der Waals surface area contributed by atoms with E-state index in [1.54, 1.807) is 17.8 Å². The van der Waals surface area contributed by atoms with Gasteiger partial charge in [-0.05, 0) is 43.0 Å². The fraction of sp³-hybridized carbons (Fsp3) is 0.417. The van der Waals surface area contributed by atoms with Crippen LogP contribution in [0.4, 0.5) is 10.1 Å². The molecule has 18 heavy (non-hydrogen) atoms. The molecule has 0 aliphatic carbocycles. The van der Waals surface area contributed by atoms with Gasteiger partial charge in [-0.25, -0.2) is 4.39 Å². The van der Waals surface area contributed by atoms with Crippen LogP contribution in [-0.2, 0) is 4.79 Å². The maximum absolute atomic E-state index is 13.4. The van der Waals surface area contributed by atoms with Crippen LogP contribution in [0.25, 0.3) is 0 Å². The van der Waals surface area contributed by atoms with E-state index in [0.717, 1.165) is 18.8 Å². The van der Waals surface area contributed by atoms with Crippen molar-refractivity contribution in [3.05, 3.63) is 29.0 Å². The summed E-state index contributed by atoms with van der Waals surface area (Å²) in [5.74, 6) is 1.27. The smallest absolute Gasteiger partial charge is 0.234 e. The predicted octanol–water partition coefficient (Wildman–Crippen LogP) is 2.37. The molecule has 0 saturated carbocycles. The average Bonchev–Trinajstić information content (AvgIpc) is 2.26. The van der Waals surface area contributed by atoms with Gasteiger partial charge in [-0.3, -0.25) is 4.79 Å². The van der Waals surface area contributed by atoms with Gasteiger partial charge < -0.3 is 10.6 Å². The number of carbonyl (C=O) groups excluding carboxylic acids is 1. The predicted molar refractivity (Wildman–Crippen MR) is 73.7 cm³/mol. The topological polar surface area (TPSA) is 41.1 Å². The number of carbonyl (C=O) groups is 1. The molecule has 2 N–H and O–H groups in total. The zero-order valence-electron chi connectivity index (χ0n) is 9.71. The molecule has 0 bridgehead atoms. The lowest BCUT2D eigenvalue weighted by Crippen LogP contribution is -2.43. The van der Waals surface area contributed by atoms with Crippen molar-refractivity contribution >= 4 is 35.0 Å². The molecule has 98 valence electrons. The summed E-state index contributed by atoms with van der Waals surface area (Å²) in [7, 11) is 0. The second kappa shape index (κ2) is 6.41. The van der Waals surface area contributed by atoms with Gasteiger partial charge in [0, 0.05) is 5.02 Å². The Morgan fingerprint density at radius 2 is 2.33 bits per heavy atom. The number of rotatable bonds is 5. The molecule has 2 rings (SSSR count). The fourth-order valence-electron chi connectivity index (χ4n) is 1.56. The highest BCUT2D eigenvalue weighted by Gasteiger charge is 2.17. The summed E-state index contributed by atoms with van der Waals surface area (Å²) < 4.78 is 13.4. The van der Waals surface area contributed by atoms with Crippen LogP contribution >= 0.6 is 23.4 Å². The Hall–Kier alpha value is -0.780. The molecule has 1 saturated heterocycles. The first-order valence-corrected chi connectivity index (χ1v) is 7.22. The van der Waals surface area contributed by atoms with E-state index in [4.69, 9.17) is 11.6 Å². The van der Waals surface area contributed by atoms with E-state index in [0.29, 0.717) is 16.7 Å². The third-order valence-electron chi connectivity index (χ3n) is 2.66. The first kappa shape index (κ1) is 13.6. The molecule has 0 aromatic heterocycles. The Labute approximate surface area is 114 Å². The van der Waals surface area contributed by atoms with Crippen molar-refractivity contribution in [2.24, 2.45) is 5.92 Å². The van der Waals surface area contributed by atoms with E-state index in [1.165, 1.54) is 12.1 Å². The average molecular weight is 289 g/mol. The summed E-state index contributed by atoms with van der Waals surface area (Å²) in [6, 6.07) is 4.20. The highest BCUT2D eigenvalue weighted by molar-refractivity contribution is 7.99. The van der Waals surface area contributed by atoms with Crippen molar-refractivity contribution in [1.29, 1.82) is 0 Å². The zero-order chi connectivity index (χ0) is 13.0. The molecule has 0 unspecified atom stereocenters. The van der Waals surface area contributed by atoms with Crippen LogP contribution in [0.1, 0.15) is 0 Å². The first-order valence-electron chi connectivity index (χ1n) is 5.68. The summed E-state index contributed by atoms with van der Waals surface area (Å²) in [6.45, 7) is 2.06. The standard InChI is InChI=1S/C12H14ClFN2OS/c13-9-1-2-11(10(14)3-9)16-12(17)7-18-6-8-4-15-5-8/h1-3,8,15H,4-7H2,(H,16,17). The van der Waals surface area contributed by atoms with Crippen LogP contribution in [-0.4, -0.2) is 30.5 Å². The lowest BCUT2D eigenvalue weighted by Gasteiger charge is -2.26. The number of anilines is 1. The SMILES string of the molecule is O=C(CSCC1CNC1)Nc1ccc(Cl)cc1F. The van der Waals surface area contributed by atoms with Gasteiger partial charge in [-0.15, -0.1) is 0 Å². The fourth-order valence-corrected chi connectivity index (χ4v) is 2.66. The molecule has 1 heterocycles. The number of hydrogen-bond donors (Lipinski definition) is 2. The minimum atomic E-state index is -0.510. The highest BCUT2D eigenvalue weighted by Crippen LogP contribution is 2.19. The van der Waals surface area contributed by atoms with Crippen molar-refractivity contribution < 1.29 is 9.18 Å². The van der Waals surface area contributed by atoms with Crippen LogP contribution in [0.3, 0.4) is 0 Å². The molecule has 1 amide bonds. The van der Waals surface area contributed by atoms with Crippen LogP contribution in [0.15, 0.2) is 18.2 Å². The van der Waals surface area contributed by atoms with Crippen molar-refractivity contribution in [2.75, 3.05) is 29.9 Å². The maximum Gasteiger partial charge on any atom is 0.234 e. The normalized spacial score (nSPS) is 15.2. The van der Waals surface area contributed by atoms with E-state index < -0.39 is 5.82 Å². The lowest BCUT2D eigenvalue weighted by atomic mass is 10.1. The minimum absolute atomic E-state index is 0.176. The van der Waals surface area contributed by atoms with Gasteiger partial charge in [-0.1, -0.05) is 11.6 Å². The molecular weight excluding hydrogens is 275 g/mol. The van der Waals surface area contributed by atoms with Gasteiger partial charge in [0.1, 0.15) is 5.82 Å². The van der Waals surface area contributed by atoms with Crippen LogP contribution in [0, 0.1) is 11.7 Å². The number of thioether (sulfide) groups is 1. The number of hydrogen-bond acceptors (Lipinski definition) is 3. The summed E-state index contributed by atoms with van der Waals surface area (Å²) in [4.78, 5) is 11.6. The number of amides is 1. The van der Waals surface area contributed by atoms with Crippen molar-refractivity contribution in [3.8, 4) is 0 Å². The lowest BCUT2D eigenvalue weighted by molar-refractivity contribution is -0.113. The van der Waals surface area contributed by atoms with Crippen LogP contribution in [0.5, 0.6) is 0 Å². The highest BCUT2D eigenvalue weighted by atomic mass is 35.5. The quantitative estimate of drug-likeness (QED) is 0.874. The van der Waals surface area contributed by atoms with Crippen molar-refractivity contribution in [3.63, 3.8) is 0 Å². The third-order valence-corrected chi connectivity index (χ3v) is 4.07. The Kier molecular flexibility index (Phi) is 4.86. The third kappa shape index (κ3) is 3.86. The molecule has 1 aliphatic rings. The molecule has 6 heteroatoms. The van der Waals surface area contributed by atoms with Gasteiger partial charge >= 0.3 is 0 Å². The van der Waals surface area contributed by atoms with E-state index in [1.807, 2.05) is 0 Å². The molecule has 0 atom stereocenters. The maximum atomic E-state index is 13.4. The largest absolute Gasteiger partial charge is 0.323 e. The van der Waals surface area contributed by atoms with Gasteiger partial charge in [0.15, 0.2) is 0 Å². The second-order valence-corrected chi connectivity index (χ2v) is 5.68. The van der Waals surface area contributed by atoms with Gasteiger partial charge in [0.2, 0.25) is 5.91 Å². The Balaban J connectivity index is 1.75. The monoisotopic (exact) mass is 288 g/mol. The van der Waals surface area contributed by atoms with E-state index in [9.17, 15) is 9.18 Å². The molecular formula is C12H14ClFN2OS. The van der Waals surface area contributed by atoms with Gasteiger partial charge in [-0.2, -0.15) is 11.8 Å². The van der Waals surface area contributed by atoms with E-state index in [2.05, 4.69) is 10.6 Å². The molecule has 1 aliphatic heterocycles. The Morgan fingerprint density at radius 3 is 2.94 bits per heavy atom. The number of nitrogens with one attached hydrogen (secondary N) is 2. The minimum Gasteiger partial charge on any atom is -0.323 e. The summed E-state index contributed by atoms with van der Waals surface area (Å²) in [6.07, 6.45) is 0. The van der Waals surface area contributed by atoms with E-state index >= 15 is 0 Å². The van der Waals surface area contributed by atoms with Gasteiger partial charge in [0.05, 0.1) is 11.4 Å². The zero-order valence-corrected chi connectivity index (χ0v) is 11.3. The molecule has 3 nitrogen and oxygen atoms in total. The van der Waals surface area contributed by atoms with Crippen LogP contribution < -0.4 is 10.6 Å². The molecule has 0 radical (unpaired) electrons. The van der Waals surface area contributed by atoms with Crippen LogP contribution in [0.2, 0.25) is 5.02 Å². The van der Waals surface area contributed by atoms with Crippen molar-refractivity contribution in [1.82, 2.24) is 5.32 Å². The summed E-state index contributed by atoms with van der Waals surface area (Å²) in [5, 5.41) is 6.03. The van der Waals surface area contributed by atoms with E-state index in [-0.39, 0.29) is 11.6 Å². The number of halogens is 2. The Morgan fingerprint density at radius 1 is 1.56 bits per heavy atom. The Bertz CT molecular complexity index is 440. The number of benzene rings is 1. The molecule has 1 aromatic rings. The second-order valence-electron chi connectivity index (χ2n) is 4.21. The summed E-state index contributed by atoms with van der Waals surface area (Å²) in [5.41, 5.74) is 0.176. The summed E-state index contributed by atoms with van der Waals surface area (Å²) >= 11 is 7.20. The molecule has 0 spiro atoms. The van der Waals surface area contributed by atoms with Gasteiger partial charge in [0.25, 0.3) is 0 Å².